The second-order valence-corrected chi connectivity index (χ2v) is 5.25. The third-order valence-electron chi connectivity index (χ3n) is 3.46. The van der Waals surface area contributed by atoms with E-state index < -0.39 is 0 Å². The summed E-state index contributed by atoms with van der Waals surface area (Å²) < 4.78 is 0. The number of benzene rings is 1. The first-order valence-electron chi connectivity index (χ1n) is 6.93. The Balaban J connectivity index is 1.82. The van der Waals surface area contributed by atoms with Gasteiger partial charge < -0.3 is 14.9 Å². The number of rotatable bonds is 3. The van der Waals surface area contributed by atoms with Crippen molar-refractivity contribution in [1.29, 1.82) is 0 Å². The Morgan fingerprint density at radius 1 is 1.18 bits per heavy atom. The molecule has 0 spiro atoms. The molecule has 0 aliphatic rings. The molecule has 6 heteroatoms. The Labute approximate surface area is 126 Å². The summed E-state index contributed by atoms with van der Waals surface area (Å²) >= 11 is 0. The molecule has 0 saturated heterocycles. The fourth-order valence-electron chi connectivity index (χ4n) is 2.32. The predicted octanol–water partition coefficient (Wildman–Crippen LogP) is 1.83. The molecule has 2 aromatic heterocycles. The van der Waals surface area contributed by atoms with Gasteiger partial charge in [0.25, 0.3) is 11.5 Å². The zero-order valence-electron chi connectivity index (χ0n) is 12.4. The lowest BCUT2D eigenvalue weighted by molar-refractivity contribution is 0.0780. The molecule has 0 bridgehead atoms. The highest BCUT2D eigenvalue weighted by Crippen LogP contribution is 2.12. The number of hydrogen-bond donors (Lipinski definition) is 2. The lowest BCUT2D eigenvalue weighted by atomic mass is 10.2. The van der Waals surface area contributed by atoms with Gasteiger partial charge in [-0.3, -0.25) is 9.59 Å². The molecular weight excluding hydrogens is 280 g/mol. The maximum Gasteiger partial charge on any atom is 0.260 e. The van der Waals surface area contributed by atoms with Crippen LogP contribution in [0.15, 0.2) is 41.2 Å². The van der Waals surface area contributed by atoms with Gasteiger partial charge in [0.05, 0.1) is 17.6 Å². The zero-order chi connectivity index (χ0) is 15.7. The van der Waals surface area contributed by atoms with Crippen molar-refractivity contribution in [3.63, 3.8) is 0 Å². The van der Waals surface area contributed by atoms with Gasteiger partial charge in [-0.15, -0.1) is 0 Å². The fourth-order valence-corrected chi connectivity index (χ4v) is 2.32. The second-order valence-electron chi connectivity index (χ2n) is 5.25. The van der Waals surface area contributed by atoms with Gasteiger partial charge in [-0.2, -0.15) is 0 Å². The van der Waals surface area contributed by atoms with E-state index in [4.69, 9.17) is 0 Å². The second kappa shape index (κ2) is 5.48. The summed E-state index contributed by atoms with van der Waals surface area (Å²) in [4.78, 5) is 35.9. The Hall–Kier alpha value is -2.89. The van der Waals surface area contributed by atoms with Gasteiger partial charge in [0, 0.05) is 12.7 Å². The highest BCUT2D eigenvalue weighted by molar-refractivity contribution is 5.93. The molecule has 2 heterocycles. The number of fused-ring (bicyclic) bond motifs is 1. The normalized spacial score (nSPS) is 10.8. The van der Waals surface area contributed by atoms with Crippen LogP contribution in [-0.2, 0) is 6.54 Å². The molecule has 1 aromatic carbocycles. The number of aromatic amines is 2. The van der Waals surface area contributed by atoms with Crippen LogP contribution in [0.3, 0.4) is 0 Å². The van der Waals surface area contributed by atoms with Gasteiger partial charge in [-0.25, -0.2) is 4.98 Å². The number of pyridine rings is 1. The van der Waals surface area contributed by atoms with Crippen molar-refractivity contribution in [2.45, 2.75) is 13.5 Å². The highest BCUT2D eigenvalue weighted by Gasteiger charge is 2.16. The average Bonchev–Trinajstić information content (AvgIpc) is 2.88. The molecule has 0 aliphatic carbocycles. The summed E-state index contributed by atoms with van der Waals surface area (Å²) in [6.45, 7) is 2.08. The molecular formula is C16H16N4O2. The quantitative estimate of drug-likeness (QED) is 0.773. The van der Waals surface area contributed by atoms with Crippen LogP contribution in [0.5, 0.6) is 0 Å². The lowest BCUT2D eigenvalue weighted by Gasteiger charge is -2.15. The average molecular weight is 296 g/mol. The summed E-state index contributed by atoms with van der Waals surface area (Å²) in [7, 11) is 1.65. The lowest BCUT2D eigenvalue weighted by Crippen LogP contribution is -2.31. The van der Waals surface area contributed by atoms with Crippen LogP contribution in [0.2, 0.25) is 0 Å². The van der Waals surface area contributed by atoms with Crippen LogP contribution in [0.4, 0.5) is 0 Å². The van der Waals surface area contributed by atoms with Crippen LogP contribution in [0.25, 0.3) is 11.0 Å². The third-order valence-corrected chi connectivity index (χ3v) is 3.46. The minimum absolute atomic E-state index is 0.129. The summed E-state index contributed by atoms with van der Waals surface area (Å²) in [5, 5.41) is 0. The predicted molar refractivity (Wildman–Crippen MR) is 83.7 cm³/mol. The first-order valence-corrected chi connectivity index (χ1v) is 6.93. The monoisotopic (exact) mass is 296 g/mol. The van der Waals surface area contributed by atoms with E-state index in [0.29, 0.717) is 12.4 Å². The molecule has 1 amide bonds. The number of carbonyl (C=O) groups excluding carboxylic acids is 1. The Morgan fingerprint density at radius 2 is 1.95 bits per heavy atom. The summed E-state index contributed by atoms with van der Waals surface area (Å²) in [5.74, 6) is 0.349. The minimum atomic E-state index is -0.374. The SMILES string of the molecule is Cc1ccc(C(=O)N(C)Cc2nc3ccccc3[nH]2)c(=O)[nH]1. The maximum absolute atomic E-state index is 12.4. The van der Waals surface area contributed by atoms with Gasteiger partial charge in [-0.05, 0) is 31.2 Å². The summed E-state index contributed by atoms with van der Waals surface area (Å²) in [5.41, 5.74) is 2.25. The number of amides is 1. The van der Waals surface area contributed by atoms with E-state index in [9.17, 15) is 9.59 Å². The van der Waals surface area contributed by atoms with E-state index in [1.807, 2.05) is 24.3 Å². The highest BCUT2D eigenvalue weighted by atomic mass is 16.2. The first-order chi connectivity index (χ1) is 10.5. The van der Waals surface area contributed by atoms with E-state index in [2.05, 4.69) is 15.0 Å². The number of hydrogen-bond acceptors (Lipinski definition) is 3. The topological polar surface area (TPSA) is 81.8 Å². The van der Waals surface area contributed by atoms with Crippen LogP contribution in [0, 0.1) is 6.92 Å². The molecule has 2 N–H and O–H groups in total. The zero-order valence-corrected chi connectivity index (χ0v) is 12.4. The van der Waals surface area contributed by atoms with Gasteiger partial charge in [-0.1, -0.05) is 12.1 Å². The fraction of sp³-hybridized carbons (Fsp3) is 0.188. The maximum atomic E-state index is 12.4. The summed E-state index contributed by atoms with van der Waals surface area (Å²) in [6.07, 6.45) is 0. The van der Waals surface area contributed by atoms with E-state index in [-0.39, 0.29) is 17.0 Å². The number of carbonyl (C=O) groups is 1. The van der Waals surface area contributed by atoms with E-state index >= 15 is 0 Å². The number of imidazole rings is 1. The summed E-state index contributed by atoms with van der Waals surface area (Å²) in [6, 6.07) is 10.9. The number of aryl methyl sites for hydroxylation is 1. The molecule has 0 atom stereocenters. The van der Waals surface area contributed by atoms with E-state index in [1.165, 1.54) is 4.90 Å². The van der Waals surface area contributed by atoms with Crippen molar-refractivity contribution in [3.05, 3.63) is 63.8 Å². The van der Waals surface area contributed by atoms with Crippen molar-refractivity contribution in [2.75, 3.05) is 7.05 Å². The van der Waals surface area contributed by atoms with Gasteiger partial charge in [0.1, 0.15) is 11.4 Å². The van der Waals surface area contributed by atoms with Crippen LogP contribution in [0.1, 0.15) is 21.9 Å². The molecule has 0 unspecified atom stereocenters. The molecule has 112 valence electrons. The molecule has 0 saturated carbocycles. The molecule has 0 aliphatic heterocycles. The molecule has 6 nitrogen and oxygen atoms in total. The largest absolute Gasteiger partial charge is 0.340 e. The van der Waals surface area contributed by atoms with Crippen molar-refractivity contribution in [1.82, 2.24) is 19.9 Å². The van der Waals surface area contributed by atoms with Crippen LogP contribution in [-0.4, -0.2) is 32.8 Å². The third kappa shape index (κ3) is 2.63. The number of para-hydroxylation sites is 2. The molecule has 0 radical (unpaired) electrons. The number of nitrogens with one attached hydrogen (secondary N) is 2. The molecule has 3 aromatic rings. The number of aromatic nitrogens is 3. The smallest absolute Gasteiger partial charge is 0.260 e. The Kier molecular flexibility index (Phi) is 3.50. The van der Waals surface area contributed by atoms with E-state index in [1.54, 1.807) is 26.1 Å². The number of nitrogens with zero attached hydrogens (tertiary/aromatic N) is 2. The van der Waals surface area contributed by atoms with Crippen molar-refractivity contribution in [3.8, 4) is 0 Å². The van der Waals surface area contributed by atoms with Gasteiger partial charge in [0.2, 0.25) is 0 Å². The van der Waals surface area contributed by atoms with E-state index in [0.717, 1.165) is 16.7 Å². The molecule has 0 fully saturated rings. The van der Waals surface area contributed by atoms with Crippen molar-refractivity contribution in [2.24, 2.45) is 0 Å². The number of H-pyrrole nitrogens is 2. The van der Waals surface area contributed by atoms with Crippen LogP contribution < -0.4 is 5.56 Å². The Bertz CT molecular complexity index is 861. The standard InChI is InChI=1S/C16H16N4O2/c1-10-7-8-11(15(21)17-10)16(22)20(2)9-14-18-12-5-3-4-6-13(12)19-14/h3-8H,9H2,1-2H3,(H,17,21)(H,18,19). The van der Waals surface area contributed by atoms with Gasteiger partial charge >= 0.3 is 0 Å². The minimum Gasteiger partial charge on any atom is -0.340 e. The van der Waals surface area contributed by atoms with Crippen LogP contribution >= 0.6 is 0 Å². The van der Waals surface area contributed by atoms with Crippen molar-refractivity contribution < 1.29 is 4.79 Å². The first kappa shape index (κ1) is 14.1. The molecule has 22 heavy (non-hydrogen) atoms. The Morgan fingerprint density at radius 3 is 2.68 bits per heavy atom. The van der Waals surface area contributed by atoms with Gasteiger partial charge in [0.15, 0.2) is 0 Å². The molecule has 3 rings (SSSR count). The van der Waals surface area contributed by atoms with Crippen molar-refractivity contribution >= 4 is 16.9 Å².